The SMILES string of the molecule is COc1ccc(-c2c(C=O)ncn2C)cc1C(C)C. The van der Waals surface area contributed by atoms with Gasteiger partial charge in [0.1, 0.15) is 11.4 Å². The fourth-order valence-corrected chi connectivity index (χ4v) is 2.22. The highest BCUT2D eigenvalue weighted by molar-refractivity contribution is 5.84. The Hall–Kier alpha value is -2.10. The van der Waals surface area contributed by atoms with E-state index in [1.165, 1.54) is 0 Å². The van der Waals surface area contributed by atoms with E-state index >= 15 is 0 Å². The number of aldehydes is 1. The fraction of sp³-hybridized carbons (Fsp3) is 0.333. The summed E-state index contributed by atoms with van der Waals surface area (Å²) in [5, 5.41) is 0. The van der Waals surface area contributed by atoms with Gasteiger partial charge in [0.05, 0.1) is 19.1 Å². The van der Waals surface area contributed by atoms with Crippen LogP contribution in [0.2, 0.25) is 0 Å². The molecule has 0 saturated carbocycles. The standard InChI is InChI=1S/C15H18N2O2/c1-10(2)12-7-11(5-6-14(12)19-4)15-13(8-18)16-9-17(15)3/h5-10H,1-4H3. The lowest BCUT2D eigenvalue weighted by Crippen LogP contribution is -1.98. The highest BCUT2D eigenvalue weighted by atomic mass is 16.5. The number of nitrogens with zero attached hydrogens (tertiary/aromatic N) is 2. The van der Waals surface area contributed by atoms with Crippen molar-refractivity contribution in [2.45, 2.75) is 19.8 Å². The molecule has 0 amide bonds. The Bertz CT molecular complexity index is 600. The molecule has 1 heterocycles. The van der Waals surface area contributed by atoms with Crippen molar-refractivity contribution in [1.82, 2.24) is 9.55 Å². The molecule has 0 N–H and O–H groups in total. The van der Waals surface area contributed by atoms with Crippen molar-refractivity contribution in [2.75, 3.05) is 7.11 Å². The van der Waals surface area contributed by atoms with Crippen molar-refractivity contribution >= 4 is 6.29 Å². The maximum absolute atomic E-state index is 11.1. The van der Waals surface area contributed by atoms with E-state index in [1.54, 1.807) is 13.4 Å². The predicted octanol–water partition coefficient (Wildman–Crippen LogP) is 3.03. The first-order chi connectivity index (χ1) is 9.08. The molecule has 0 bridgehead atoms. The van der Waals surface area contributed by atoms with E-state index in [1.807, 2.05) is 23.7 Å². The van der Waals surface area contributed by atoms with Crippen molar-refractivity contribution in [3.8, 4) is 17.0 Å². The van der Waals surface area contributed by atoms with Gasteiger partial charge in [-0.1, -0.05) is 13.8 Å². The van der Waals surface area contributed by atoms with E-state index in [0.29, 0.717) is 11.6 Å². The van der Waals surface area contributed by atoms with Gasteiger partial charge in [-0.3, -0.25) is 4.79 Å². The number of ether oxygens (including phenoxy) is 1. The largest absolute Gasteiger partial charge is 0.496 e. The first-order valence-electron chi connectivity index (χ1n) is 6.23. The molecule has 2 aromatic rings. The summed E-state index contributed by atoms with van der Waals surface area (Å²) in [6, 6.07) is 5.95. The molecule has 100 valence electrons. The summed E-state index contributed by atoms with van der Waals surface area (Å²) in [7, 11) is 3.55. The summed E-state index contributed by atoms with van der Waals surface area (Å²) in [5.41, 5.74) is 3.39. The molecule has 0 saturated heterocycles. The molecule has 4 nitrogen and oxygen atoms in total. The molecule has 0 radical (unpaired) electrons. The topological polar surface area (TPSA) is 44.1 Å². The van der Waals surface area contributed by atoms with Gasteiger partial charge in [0.25, 0.3) is 0 Å². The van der Waals surface area contributed by atoms with Crippen LogP contribution in [0.25, 0.3) is 11.3 Å². The van der Waals surface area contributed by atoms with Gasteiger partial charge in [-0.25, -0.2) is 4.98 Å². The van der Waals surface area contributed by atoms with Gasteiger partial charge < -0.3 is 9.30 Å². The van der Waals surface area contributed by atoms with Crippen molar-refractivity contribution in [3.63, 3.8) is 0 Å². The Balaban J connectivity index is 2.60. The lowest BCUT2D eigenvalue weighted by atomic mass is 9.98. The summed E-state index contributed by atoms with van der Waals surface area (Å²) in [4.78, 5) is 15.1. The van der Waals surface area contributed by atoms with Crippen LogP contribution in [-0.2, 0) is 7.05 Å². The number of rotatable bonds is 4. The highest BCUT2D eigenvalue weighted by Crippen LogP contribution is 2.32. The lowest BCUT2D eigenvalue weighted by Gasteiger charge is -2.14. The molecule has 0 aliphatic carbocycles. The van der Waals surface area contributed by atoms with Crippen LogP contribution in [0.4, 0.5) is 0 Å². The van der Waals surface area contributed by atoms with Crippen LogP contribution in [0.5, 0.6) is 5.75 Å². The van der Waals surface area contributed by atoms with E-state index in [0.717, 1.165) is 28.9 Å². The minimum absolute atomic E-state index is 0.350. The Morgan fingerprint density at radius 3 is 2.68 bits per heavy atom. The van der Waals surface area contributed by atoms with Gasteiger partial charge in [0.15, 0.2) is 6.29 Å². The smallest absolute Gasteiger partial charge is 0.170 e. The van der Waals surface area contributed by atoms with Crippen LogP contribution in [0.1, 0.15) is 35.8 Å². The quantitative estimate of drug-likeness (QED) is 0.792. The van der Waals surface area contributed by atoms with Gasteiger partial charge in [-0.05, 0) is 29.7 Å². The minimum atomic E-state index is 0.350. The number of aromatic nitrogens is 2. The van der Waals surface area contributed by atoms with E-state index in [-0.39, 0.29) is 0 Å². The van der Waals surface area contributed by atoms with Crippen molar-refractivity contribution in [3.05, 3.63) is 35.8 Å². The third-order valence-electron chi connectivity index (χ3n) is 3.20. The van der Waals surface area contributed by atoms with Gasteiger partial charge in [-0.15, -0.1) is 0 Å². The number of carbonyl (C=O) groups excluding carboxylic acids is 1. The molecule has 1 aromatic carbocycles. The molecule has 0 aliphatic rings. The normalized spacial score (nSPS) is 10.8. The molecule has 0 fully saturated rings. The maximum Gasteiger partial charge on any atom is 0.170 e. The van der Waals surface area contributed by atoms with E-state index in [9.17, 15) is 4.79 Å². The van der Waals surface area contributed by atoms with Gasteiger partial charge in [0, 0.05) is 12.6 Å². The average Bonchev–Trinajstić information content (AvgIpc) is 2.79. The van der Waals surface area contributed by atoms with Gasteiger partial charge >= 0.3 is 0 Å². The summed E-state index contributed by atoms with van der Waals surface area (Å²) >= 11 is 0. The molecule has 4 heteroatoms. The zero-order valence-corrected chi connectivity index (χ0v) is 11.7. The average molecular weight is 258 g/mol. The summed E-state index contributed by atoms with van der Waals surface area (Å²) < 4.78 is 7.23. The Kier molecular flexibility index (Phi) is 3.69. The second kappa shape index (κ2) is 5.26. The monoisotopic (exact) mass is 258 g/mol. The van der Waals surface area contributed by atoms with Crippen molar-refractivity contribution < 1.29 is 9.53 Å². The number of aryl methyl sites for hydroxylation is 1. The van der Waals surface area contributed by atoms with E-state index < -0.39 is 0 Å². The molecule has 0 aliphatic heterocycles. The molecule has 19 heavy (non-hydrogen) atoms. The first-order valence-corrected chi connectivity index (χ1v) is 6.23. The lowest BCUT2D eigenvalue weighted by molar-refractivity contribution is 0.112. The third kappa shape index (κ3) is 2.38. The number of benzene rings is 1. The fourth-order valence-electron chi connectivity index (χ4n) is 2.22. The minimum Gasteiger partial charge on any atom is -0.496 e. The number of methoxy groups -OCH3 is 1. The summed E-state index contributed by atoms with van der Waals surface area (Å²) in [6.45, 7) is 4.23. The van der Waals surface area contributed by atoms with Crippen LogP contribution in [0, 0.1) is 0 Å². The number of hydrogen-bond acceptors (Lipinski definition) is 3. The zero-order chi connectivity index (χ0) is 14.0. The second-order valence-electron chi connectivity index (χ2n) is 4.82. The summed E-state index contributed by atoms with van der Waals surface area (Å²) in [5.74, 6) is 1.22. The molecule has 1 aromatic heterocycles. The highest BCUT2D eigenvalue weighted by Gasteiger charge is 2.14. The maximum atomic E-state index is 11.1. The van der Waals surface area contributed by atoms with Gasteiger partial charge in [-0.2, -0.15) is 0 Å². The molecule has 2 rings (SSSR count). The van der Waals surface area contributed by atoms with Crippen LogP contribution in [-0.4, -0.2) is 22.9 Å². The first kappa shape index (κ1) is 13.3. The van der Waals surface area contributed by atoms with Crippen LogP contribution < -0.4 is 4.74 Å². The number of hydrogen-bond donors (Lipinski definition) is 0. The zero-order valence-electron chi connectivity index (χ0n) is 11.7. The Morgan fingerprint density at radius 2 is 2.11 bits per heavy atom. The molecule has 0 atom stereocenters. The van der Waals surface area contributed by atoms with Crippen molar-refractivity contribution in [2.24, 2.45) is 7.05 Å². The van der Waals surface area contributed by atoms with Crippen LogP contribution in [0.3, 0.4) is 0 Å². The number of imidazole rings is 1. The molecular weight excluding hydrogens is 240 g/mol. The molecule has 0 unspecified atom stereocenters. The molecule has 0 spiro atoms. The second-order valence-corrected chi connectivity index (χ2v) is 4.82. The Labute approximate surface area is 113 Å². The third-order valence-corrected chi connectivity index (χ3v) is 3.20. The van der Waals surface area contributed by atoms with E-state index in [2.05, 4.69) is 24.9 Å². The van der Waals surface area contributed by atoms with Crippen molar-refractivity contribution in [1.29, 1.82) is 0 Å². The number of carbonyl (C=O) groups is 1. The molecular formula is C15H18N2O2. The summed E-state index contributed by atoms with van der Waals surface area (Å²) in [6.07, 6.45) is 2.44. The Morgan fingerprint density at radius 1 is 1.37 bits per heavy atom. The van der Waals surface area contributed by atoms with E-state index in [4.69, 9.17) is 4.74 Å². The van der Waals surface area contributed by atoms with Crippen LogP contribution >= 0.6 is 0 Å². The van der Waals surface area contributed by atoms with Gasteiger partial charge in [0.2, 0.25) is 0 Å². The predicted molar refractivity (Wildman–Crippen MR) is 74.7 cm³/mol. The van der Waals surface area contributed by atoms with Crippen LogP contribution in [0.15, 0.2) is 24.5 Å².